The van der Waals surface area contributed by atoms with E-state index in [1.807, 2.05) is 0 Å². The van der Waals surface area contributed by atoms with Crippen LogP contribution in [0.1, 0.15) is 52.6 Å². The second-order valence-electron chi connectivity index (χ2n) is 5.18. The molecule has 0 saturated heterocycles. The highest BCUT2D eigenvalue weighted by Crippen LogP contribution is 2.32. The summed E-state index contributed by atoms with van der Waals surface area (Å²) in [6, 6.07) is 6.54. The molecule has 0 aliphatic rings. The van der Waals surface area contributed by atoms with Crippen molar-refractivity contribution in [2.75, 3.05) is 6.54 Å². The third-order valence-electron chi connectivity index (χ3n) is 3.19. The van der Waals surface area contributed by atoms with E-state index in [1.165, 1.54) is 5.56 Å². The van der Waals surface area contributed by atoms with Gasteiger partial charge in [0.25, 0.3) is 0 Å². The lowest BCUT2D eigenvalue weighted by molar-refractivity contribution is 0.103. The van der Waals surface area contributed by atoms with Gasteiger partial charge in [0, 0.05) is 16.1 Å². The number of hydrogen-bond acceptors (Lipinski definition) is 2. The van der Waals surface area contributed by atoms with Crippen LogP contribution in [-0.4, -0.2) is 12.1 Å². The molecule has 3 heteroatoms. The molecule has 1 N–H and O–H groups in total. The summed E-state index contributed by atoms with van der Waals surface area (Å²) in [4.78, 5) is 0. The normalized spacial score (nSPS) is 13.4. The van der Waals surface area contributed by atoms with Crippen LogP contribution >= 0.6 is 15.9 Å². The summed E-state index contributed by atoms with van der Waals surface area (Å²) in [7, 11) is 0. The van der Waals surface area contributed by atoms with Crippen molar-refractivity contribution in [3.8, 4) is 5.75 Å². The lowest BCUT2D eigenvalue weighted by Gasteiger charge is -2.28. The van der Waals surface area contributed by atoms with E-state index >= 15 is 0 Å². The molecule has 1 atom stereocenters. The number of hydrogen-bond donors (Lipinski definition) is 1. The van der Waals surface area contributed by atoms with Gasteiger partial charge in [0.15, 0.2) is 0 Å². The summed E-state index contributed by atoms with van der Waals surface area (Å²) in [5, 5.41) is 3.43. The Kier molecular flexibility index (Phi) is 5.67. The fraction of sp³-hybridized carbons (Fsp3) is 0.600. The standard InChI is InChI=1S/C15H24BrNO/c1-6-15(4,5)18-14-10-12(16)8-9-13(14)11(3)17-7-2/h8-11,17H,6-7H2,1-5H3. The van der Waals surface area contributed by atoms with Crippen LogP contribution in [0.2, 0.25) is 0 Å². The van der Waals surface area contributed by atoms with Crippen molar-refractivity contribution in [3.63, 3.8) is 0 Å². The SMILES string of the molecule is CCNC(C)c1ccc(Br)cc1OC(C)(C)CC. The highest BCUT2D eigenvalue weighted by Gasteiger charge is 2.20. The molecule has 0 aliphatic carbocycles. The van der Waals surface area contributed by atoms with E-state index in [0.717, 1.165) is 23.2 Å². The molecule has 0 saturated carbocycles. The van der Waals surface area contributed by atoms with Crippen molar-refractivity contribution < 1.29 is 4.74 Å². The molecule has 0 amide bonds. The van der Waals surface area contributed by atoms with Gasteiger partial charge < -0.3 is 10.1 Å². The smallest absolute Gasteiger partial charge is 0.126 e. The van der Waals surface area contributed by atoms with Crippen molar-refractivity contribution in [1.82, 2.24) is 5.32 Å². The van der Waals surface area contributed by atoms with Crippen LogP contribution in [0.25, 0.3) is 0 Å². The lowest BCUT2D eigenvalue weighted by atomic mass is 10.0. The van der Waals surface area contributed by atoms with Gasteiger partial charge in [-0.3, -0.25) is 0 Å². The van der Waals surface area contributed by atoms with E-state index in [0.29, 0.717) is 6.04 Å². The third kappa shape index (κ3) is 4.29. The van der Waals surface area contributed by atoms with Gasteiger partial charge in [0.05, 0.1) is 0 Å². The molecule has 0 aliphatic heterocycles. The average molecular weight is 314 g/mol. The van der Waals surface area contributed by atoms with Crippen molar-refractivity contribution in [2.24, 2.45) is 0 Å². The lowest BCUT2D eigenvalue weighted by Crippen LogP contribution is -2.28. The van der Waals surface area contributed by atoms with E-state index in [9.17, 15) is 0 Å². The van der Waals surface area contributed by atoms with Crippen LogP contribution in [0.15, 0.2) is 22.7 Å². The zero-order valence-electron chi connectivity index (χ0n) is 12.0. The van der Waals surface area contributed by atoms with Gasteiger partial charge in [0.2, 0.25) is 0 Å². The summed E-state index contributed by atoms with van der Waals surface area (Å²) < 4.78 is 7.21. The first-order valence-electron chi connectivity index (χ1n) is 6.61. The Balaban J connectivity index is 3.04. The van der Waals surface area contributed by atoms with Crippen molar-refractivity contribution in [2.45, 2.75) is 52.7 Å². The first-order chi connectivity index (χ1) is 8.39. The molecule has 1 aromatic rings. The highest BCUT2D eigenvalue weighted by molar-refractivity contribution is 9.10. The minimum atomic E-state index is -0.137. The minimum Gasteiger partial charge on any atom is -0.487 e. The molecule has 0 heterocycles. The number of nitrogens with one attached hydrogen (secondary N) is 1. The molecule has 1 rings (SSSR count). The summed E-state index contributed by atoms with van der Waals surface area (Å²) >= 11 is 3.51. The molecular weight excluding hydrogens is 290 g/mol. The van der Waals surface area contributed by atoms with Crippen LogP contribution in [-0.2, 0) is 0 Å². The topological polar surface area (TPSA) is 21.3 Å². The Morgan fingerprint density at radius 1 is 1.33 bits per heavy atom. The molecule has 1 unspecified atom stereocenters. The maximum absolute atomic E-state index is 6.16. The molecule has 0 bridgehead atoms. The summed E-state index contributed by atoms with van der Waals surface area (Å²) in [6.07, 6.45) is 0.981. The van der Waals surface area contributed by atoms with E-state index < -0.39 is 0 Å². The molecule has 18 heavy (non-hydrogen) atoms. The van der Waals surface area contributed by atoms with Crippen LogP contribution in [0.5, 0.6) is 5.75 Å². The maximum atomic E-state index is 6.16. The Hall–Kier alpha value is -0.540. The molecule has 2 nitrogen and oxygen atoms in total. The van der Waals surface area contributed by atoms with Crippen molar-refractivity contribution >= 4 is 15.9 Å². The molecule has 102 valence electrons. The summed E-state index contributed by atoms with van der Waals surface area (Å²) in [5.41, 5.74) is 1.07. The largest absolute Gasteiger partial charge is 0.487 e. The number of ether oxygens (including phenoxy) is 1. The number of halogens is 1. The van der Waals surface area contributed by atoms with E-state index in [2.05, 4.69) is 74.1 Å². The van der Waals surface area contributed by atoms with Gasteiger partial charge in [-0.05, 0) is 45.9 Å². The van der Waals surface area contributed by atoms with Gasteiger partial charge in [-0.15, -0.1) is 0 Å². The zero-order valence-corrected chi connectivity index (χ0v) is 13.6. The highest BCUT2D eigenvalue weighted by atomic mass is 79.9. The Morgan fingerprint density at radius 2 is 2.00 bits per heavy atom. The Labute approximate surface area is 119 Å². The molecular formula is C15H24BrNO. The second-order valence-corrected chi connectivity index (χ2v) is 6.09. The average Bonchev–Trinajstić information content (AvgIpc) is 2.29. The van der Waals surface area contributed by atoms with Gasteiger partial charge in [-0.2, -0.15) is 0 Å². The summed E-state index contributed by atoms with van der Waals surface area (Å²) in [6.45, 7) is 11.6. The molecule has 0 aromatic heterocycles. The number of rotatable bonds is 6. The first-order valence-corrected chi connectivity index (χ1v) is 7.40. The predicted molar refractivity (Wildman–Crippen MR) is 81.2 cm³/mol. The van der Waals surface area contributed by atoms with Crippen LogP contribution in [0.3, 0.4) is 0 Å². The number of benzene rings is 1. The Bertz CT molecular complexity index is 390. The van der Waals surface area contributed by atoms with Gasteiger partial charge in [0.1, 0.15) is 11.4 Å². The zero-order chi connectivity index (χ0) is 13.8. The van der Waals surface area contributed by atoms with E-state index in [-0.39, 0.29) is 5.60 Å². The van der Waals surface area contributed by atoms with Gasteiger partial charge in [-0.1, -0.05) is 35.8 Å². The maximum Gasteiger partial charge on any atom is 0.126 e. The molecule has 0 fully saturated rings. The quantitative estimate of drug-likeness (QED) is 0.822. The van der Waals surface area contributed by atoms with Gasteiger partial charge in [-0.25, -0.2) is 0 Å². The summed E-state index contributed by atoms with van der Waals surface area (Å²) in [5.74, 6) is 0.963. The van der Waals surface area contributed by atoms with Gasteiger partial charge >= 0.3 is 0 Å². The molecule has 0 radical (unpaired) electrons. The third-order valence-corrected chi connectivity index (χ3v) is 3.68. The predicted octanol–water partition coefficient (Wildman–Crippen LogP) is 4.69. The van der Waals surface area contributed by atoms with E-state index in [4.69, 9.17) is 4.74 Å². The monoisotopic (exact) mass is 313 g/mol. The van der Waals surface area contributed by atoms with E-state index in [1.54, 1.807) is 0 Å². The fourth-order valence-corrected chi connectivity index (χ4v) is 2.08. The first kappa shape index (κ1) is 15.5. The van der Waals surface area contributed by atoms with Crippen molar-refractivity contribution in [3.05, 3.63) is 28.2 Å². The Morgan fingerprint density at radius 3 is 2.56 bits per heavy atom. The van der Waals surface area contributed by atoms with Crippen LogP contribution in [0, 0.1) is 0 Å². The minimum absolute atomic E-state index is 0.137. The fourth-order valence-electron chi connectivity index (χ4n) is 1.74. The molecule has 1 aromatic carbocycles. The van der Waals surface area contributed by atoms with Crippen LogP contribution < -0.4 is 10.1 Å². The van der Waals surface area contributed by atoms with Crippen molar-refractivity contribution in [1.29, 1.82) is 0 Å². The molecule has 0 spiro atoms. The van der Waals surface area contributed by atoms with Crippen LogP contribution in [0.4, 0.5) is 0 Å². The second kappa shape index (κ2) is 6.58.